The summed E-state index contributed by atoms with van der Waals surface area (Å²) in [6, 6.07) is 5.12. The molecule has 0 N–H and O–H groups in total. The van der Waals surface area contributed by atoms with Crippen LogP contribution in [0, 0.1) is 11.7 Å². The number of rotatable bonds is 2. The Morgan fingerprint density at radius 2 is 1.92 bits per heavy atom. The van der Waals surface area contributed by atoms with Crippen LogP contribution in [0.15, 0.2) is 23.1 Å². The van der Waals surface area contributed by atoms with Gasteiger partial charge in [0.2, 0.25) is 0 Å². The Morgan fingerprint density at radius 1 is 1.25 bits per heavy atom. The average Bonchev–Trinajstić information content (AvgIpc) is 2.03. The highest BCUT2D eigenvalue weighted by molar-refractivity contribution is 7.98. The van der Waals surface area contributed by atoms with Crippen LogP contribution in [0.1, 0.15) is 19.4 Å². The number of halogens is 1. The molecule has 0 heterocycles. The van der Waals surface area contributed by atoms with E-state index in [1.807, 2.05) is 26.2 Å². The predicted octanol–water partition coefficient (Wildman–Crippen LogP) is 3.51. The highest BCUT2D eigenvalue weighted by Gasteiger charge is 2.03. The second-order valence-electron chi connectivity index (χ2n) is 2.88. The Balaban J connectivity index is 3.06. The van der Waals surface area contributed by atoms with Gasteiger partial charge in [-0.05, 0) is 35.9 Å². The predicted molar refractivity (Wildman–Crippen MR) is 51.9 cm³/mol. The van der Waals surface area contributed by atoms with Crippen molar-refractivity contribution in [1.29, 1.82) is 0 Å². The molecule has 0 aliphatic heterocycles. The van der Waals surface area contributed by atoms with Gasteiger partial charge in [0.15, 0.2) is 0 Å². The molecule has 2 heteroatoms. The largest absolute Gasteiger partial charge is 0.207 e. The molecule has 0 atom stereocenters. The van der Waals surface area contributed by atoms with E-state index in [9.17, 15) is 4.39 Å². The SMILES string of the molecule is CSc1cc(F)cc([C](C)C)c1. The van der Waals surface area contributed by atoms with Crippen LogP contribution in [0.4, 0.5) is 4.39 Å². The molecule has 0 aliphatic carbocycles. The Morgan fingerprint density at radius 3 is 2.42 bits per heavy atom. The standard InChI is InChI=1S/C10H12FS/c1-7(2)8-4-9(11)6-10(5-8)12-3/h4-6H,1-3H3. The molecule has 0 unspecified atom stereocenters. The van der Waals surface area contributed by atoms with Gasteiger partial charge in [-0.25, -0.2) is 4.39 Å². The van der Waals surface area contributed by atoms with E-state index in [2.05, 4.69) is 0 Å². The summed E-state index contributed by atoms with van der Waals surface area (Å²) in [5.74, 6) is 0.989. The molecule has 0 aliphatic rings. The van der Waals surface area contributed by atoms with Crippen LogP contribution < -0.4 is 0 Å². The Labute approximate surface area is 77.2 Å². The molecule has 1 aromatic rings. The Kier molecular flexibility index (Phi) is 3.15. The van der Waals surface area contributed by atoms with Crippen LogP contribution in [0.25, 0.3) is 0 Å². The fraction of sp³-hybridized carbons (Fsp3) is 0.300. The molecule has 1 aromatic carbocycles. The summed E-state index contributed by atoms with van der Waals surface area (Å²) in [6.07, 6.45) is 1.95. The van der Waals surface area contributed by atoms with Gasteiger partial charge in [0.05, 0.1) is 0 Å². The van der Waals surface area contributed by atoms with E-state index in [-0.39, 0.29) is 5.82 Å². The molecular formula is C10H12FS. The molecule has 0 aromatic heterocycles. The van der Waals surface area contributed by atoms with E-state index in [1.54, 1.807) is 23.9 Å². The lowest BCUT2D eigenvalue weighted by atomic mass is 10.0. The minimum atomic E-state index is -0.155. The van der Waals surface area contributed by atoms with Crippen LogP contribution >= 0.6 is 11.8 Å². The second kappa shape index (κ2) is 3.94. The van der Waals surface area contributed by atoms with Crippen LogP contribution in [-0.2, 0) is 0 Å². The Hall–Kier alpha value is -0.500. The van der Waals surface area contributed by atoms with Gasteiger partial charge < -0.3 is 0 Å². The van der Waals surface area contributed by atoms with Crippen molar-refractivity contribution in [2.24, 2.45) is 0 Å². The van der Waals surface area contributed by atoms with Gasteiger partial charge >= 0.3 is 0 Å². The molecular weight excluding hydrogens is 171 g/mol. The maximum Gasteiger partial charge on any atom is 0.124 e. The number of hydrogen-bond acceptors (Lipinski definition) is 1. The van der Waals surface area contributed by atoms with Crippen molar-refractivity contribution in [3.63, 3.8) is 0 Å². The molecule has 0 saturated carbocycles. The van der Waals surface area contributed by atoms with Gasteiger partial charge in [0.1, 0.15) is 5.82 Å². The van der Waals surface area contributed by atoms with Crippen molar-refractivity contribution >= 4 is 11.8 Å². The first-order chi connectivity index (χ1) is 5.63. The van der Waals surface area contributed by atoms with Gasteiger partial charge in [-0.2, -0.15) is 0 Å². The lowest BCUT2D eigenvalue weighted by Gasteiger charge is -2.06. The number of thioether (sulfide) groups is 1. The van der Waals surface area contributed by atoms with Gasteiger partial charge in [0.25, 0.3) is 0 Å². The highest BCUT2D eigenvalue weighted by Crippen LogP contribution is 2.22. The summed E-state index contributed by atoms with van der Waals surface area (Å²) in [5.41, 5.74) is 0.986. The molecule has 1 radical (unpaired) electrons. The molecule has 0 nitrogen and oxygen atoms in total. The molecule has 0 fully saturated rings. The van der Waals surface area contributed by atoms with E-state index in [4.69, 9.17) is 0 Å². The molecule has 1 rings (SSSR count). The summed E-state index contributed by atoms with van der Waals surface area (Å²) < 4.78 is 12.9. The number of hydrogen-bond donors (Lipinski definition) is 0. The Bertz CT molecular complexity index is 269. The smallest absolute Gasteiger partial charge is 0.124 e. The monoisotopic (exact) mass is 183 g/mol. The first-order valence-electron chi connectivity index (χ1n) is 3.78. The van der Waals surface area contributed by atoms with Crippen LogP contribution in [0.3, 0.4) is 0 Å². The maximum atomic E-state index is 12.9. The first-order valence-corrected chi connectivity index (χ1v) is 5.01. The van der Waals surface area contributed by atoms with E-state index >= 15 is 0 Å². The normalized spacial score (nSPS) is 10.8. The maximum absolute atomic E-state index is 12.9. The second-order valence-corrected chi connectivity index (χ2v) is 3.76. The third-order valence-corrected chi connectivity index (χ3v) is 2.39. The molecule has 0 spiro atoms. The van der Waals surface area contributed by atoms with E-state index in [0.717, 1.165) is 16.4 Å². The van der Waals surface area contributed by atoms with Gasteiger partial charge in [-0.1, -0.05) is 13.8 Å². The van der Waals surface area contributed by atoms with Crippen molar-refractivity contribution in [2.45, 2.75) is 18.7 Å². The fourth-order valence-corrected chi connectivity index (χ4v) is 1.44. The van der Waals surface area contributed by atoms with Gasteiger partial charge in [0, 0.05) is 4.90 Å². The summed E-state index contributed by atoms with van der Waals surface area (Å²) >= 11 is 1.56. The minimum Gasteiger partial charge on any atom is -0.207 e. The van der Waals surface area contributed by atoms with E-state index < -0.39 is 0 Å². The van der Waals surface area contributed by atoms with E-state index in [0.29, 0.717) is 0 Å². The topological polar surface area (TPSA) is 0 Å². The van der Waals surface area contributed by atoms with Crippen molar-refractivity contribution in [1.82, 2.24) is 0 Å². The lowest BCUT2D eigenvalue weighted by molar-refractivity contribution is 0.622. The summed E-state index contributed by atoms with van der Waals surface area (Å²) in [4.78, 5) is 0.978. The summed E-state index contributed by atoms with van der Waals surface area (Å²) in [5, 5.41) is 0. The first kappa shape index (κ1) is 9.59. The molecule has 0 bridgehead atoms. The third kappa shape index (κ3) is 2.24. The number of benzene rings is 1. The minimum absolute atomic E-state index is 0.155. The van der Waals surface area contributed by atoms with Crippen molar-refractivity contribution in [3.05, 3.63) is 35.5 Å². The van der Waals surface area contributed by atoms with Gasteiger partial charge in [-0.3, -0.25) is 0 Å². The summed E-state index contributed by atoms with van der Waals surface area (Å²) in [6.45, 7) is 3.97. The zero-order chi connectivity index (χ0) is 9.14. The highest BCUT2D eigenvalue weighted by atomic mass is 32.2. The third-order valence-electron chi connectivity index (χ3n) is 1.68. The molecule has 0 amide bonds. The molecule has 65 valence electrons. The molecule has 12 heavy (non-hydrogen) atoms. The van der Waals surface area contributed by atoms with Crippen LogP contribution in [0.2, 0.25) is 0 Å². The zero-order valence-corrected chi connectivity index (χ0v) is 8.33. The zero-order valence-electron chi connectivity index (χ0n) is 7.52. The van der Waals surface area contributed by atoms with Crippen LogP contribution in [0.5, 0.6) is 0 Å². The van der Waals surface area contributed by atoms with E-state index in [1.165, 1.54) is 0 Å². The van der Waals surface area contributed by atoms with Gasteiger partial charge in [-0.15, -0.1) is 11.8 Å². The molecule has 0 saturated heterocycles. The average molecular weight is 183 g/mol. The van der Waals surface area contributed by atoms with Crippen molar-refractivity contribution in [3.8, 4) is 0 Å². The van der Waals surface area contributed by atoms with Crippen molar-refractivity contribution < 1.29 is 4.39 Å². The van der Waals surface area contributed by atoms with Crippen LogP contribution in [-0.4, -0.2) is 6.26 Å². The quantitative estimate of drug-likeness (QED) is 0.632. The lowest BCUT2D eigenvalue weighted by Crippen LogP contribution is -1.90. The van der Waals surface area contributed by atoms with Crippen molar-refractivity contribution in [2.75, 3.05) is 6.26 Å². The summed E-state index contributed by atoms with van der Waals surface area (Å²) in [7, 11) is 0. The fourth-order valence-electron chi connectivity index (χ4n) is 0.969.